The Morgan fingerprint density at radius 2 is 1.56 bits per heavy atom. The second-order valence-electron chi connectivity index (χ2n) is 11.0. The van der Waals surface area contributed by atoms with E-state index in [9.17, 15) is 37.1 Å². The van der Waals surface area contributed by atoms with Gasteiger partial charge in [-0.1, -0.05) is 12.1 Å². The van der Waals surface area contributed by atoms with Crippen LogP contribution in [0, 0.1) is 5.41 Å². The van der Waals surface area contributed by atoms with Crippen molar-refractivity contribution in [2.24, 2.45) is 5.41 Å². The van der Waals surface area contributed by atoms with Gasteiger partial charge in [-0.3, -0.25) is 29.1 Å². The molecule has 7 amide bonds. The lowest BCUT2D eigenvalue weighted by Gasteiger charge is -2.58. The lowest BCUT2D eigenvalue weighted by Crippen LogP contribution is -2.66. The number of rotatable bonds is 5. The Balaban J connectivity index is 1.26. The van der Waals surface area contributed by atoms with Gasteiger partial charge < -0.3 is 9.64 Å². The number of halogens is 3. The van der Waals surface area contributed by atoms with E-state index in [1.807, 2.05) is 0 Å². The summed E-state index contributed by atoms with van der Waals surface area (Å²) in [5.74, 6) is -1.16. The monoisotopic (exact) mass is 550 g/mol. The Bertz CT molecular complexity index is 1220. The van der Waals surface area contributed by atoms with Gasteiger partial charge in [0.25, 0.3) is 5.91 Å². The first kappa shape index (κ1) is 26.9. The lowest BCUT2D eigenvalue weighted by atomic mass is 9.51. The Hall–Kier alpha value is -3.64. The van der Waals surface area contributed by atoms with E-state index < -0.39 is 65.9 Å². The van der Waals surface area contributed by atoms with Gasteiger partial charge >= 0.3 is 18.2 Å². The van der Waals surface area contributed by atoms with Crippen LogP contribution in [-0.2, 0) is 20.9 Å². The van der Waals surface area contributed by atoms with Crippen LogP contribution in [0.4, 0.5) is 22.8 Å². The number of amides is 7. The Morgan fingerprint density at radius 3 is 2.13 bits per heavy atom. The van der Waals surface area contributed by atoms with E-state index in [4.69, 9.17) is 4.74 Å². The van der Waals surface area contributed by atoms with Crippen molar-refractivity contribution in [3.8, 4) is 5.75 Å². The number of alkyl halides is 3. The molecule has 0 unspecified atom stereocenters. The van der Waals surface area contributed by atoms with Crippen molar-refractivity contribution < 1.29 is 41.9 Å². The molecule has 5 rings (SSSR count). The molecule has 2 saturated heterocycles. The van der Waals surface area contributed by atoms with Gasteiger partial charge in [0.1, 0.15) is 24.3 Å². The molecule has 0 aromatic heterocycles. The number of nitrogens with zero attached hydrogens (tertiary/aromatic N) is 4. The van der Waals surface area contributed by atoms with Gasteiger partial charge in [-0.25, -0.2) is 9.59 Å². The van der Waals surface area contributed by atoms with Crippen molar-refractivity contribution >= 4 is 29.8 Å². The molecule has 0 radical (unpaired) electrons. The first-order chi connectivity index (χ1) is 18.3. The topological polar surface area (TPSA) is 108 Å². The lowest BCUT2D eigenvalue weighted by molar-refractivity contribution is -0.174. The molecule has 2 saturated carbocycles. The van der Waals surface area contributed by atoms with Crippen molar-refractivity contribution in [2.75, 3.05) is 20.7 Å². The third-order valence-electron chi connectivity index (χ3n) is 8.60. The Morgan fingerprint density at radius 1 is 0.949 bits per heavy atom. The molecule has 1 aromatic carbocycles. The minimum Gasteiger partial charge on any atom is -0.497 e. The standard InChI is InChI=1S/C26H29F3N4O6/c1-30-21(36)25(32(22(30)37)15-26(27,28)29)13-24(14-25)9-7-17(8-10-24)33-20(35)11-19(34)31(23(33)38)12-16-3-5-18(39-2)6-4-16/h3-6,17H,7-15H2,1-2H3. The summed E-state index contributed by atoms with van der Waals surface area (Å²) in [7, 11) is 2.72. The number of carbonyl (C=O) groups excluding carboxylic acids is 5. The second-order valence-corrected chi connectivity index (χ2v) is 11.0. The summed E-state index contributed by atoms with van der Waals surface area (Å²) >= 11 is 0. The summed E-state index contributed by atoms with van der Waals surface area (Å²) in [6.45, 7) is -1.49. The fourth-order valence-corrected chi connectivity index (χ4v) is 6.72. The van der Waals surface area contributed by atoms with Gasteiger partial charge in [0.2, 0.25) is 11.8 Å². The van der Waals surface area contributed by atoms with Crippen molar-refractivity contribution in [1.29, 1.82) is 0 Å². The highest BCUT2D eigenvalue weighted by Crippen LogP contribution is 2.61. The molecule has 210 valence electrons. The van der Waals surface area contributed by atoms with Gasteiger partial charge in [-0.2, -0.15) is 13.2 Å². The van der Waals surface area contributed by atoms with Crippen molar-refractivity contribution in [1.82, 2.24) is 19.6 Å². The highest BCUT2D eigenvalue weighted by Gasteiger charge is 2.69. The van der Waals surface area contributed by atoms with Gasteiger partial charge in [0.05, 0.1) is 13.7 Å². The molecule has 2 heterocycles. The smallest absolute Gasteiger partial charge is 0.406 e. The first-order valence-electron chi connectivity index (χ1n) is 12.8. The molecule has 10 nitrogen and oxygen atoms in total. The van der Waals surface area contributed by atoms with Crippen LogP contribution < -0.4 is 4.74 Å². The zero-order valence-electron chi connectivity index (χ0n) is 21.6. The zero-order chi connectivity index (χ0) is 28.3. The summed E-state index contributed by atoms with van der Waals surface area (Å²) in [6, 6.07) is 4.77. The van der Waals surface area contributed by atoms with Crippen molar-refractivity contribution in [2.45, 2.75) is 69.2 Å². The van der Waals surface area contributed by atoms with Crippen LogP contribution in [0.5, 0.6) is 5.75 Å². The summed E-state index contributed by atoms with van der Waals surface area (Å²) < 4.78 is 44.7. The molecule has 0 atom stereocenters. The van der Waals surface area contributed by atoms with Crippen molar-refractivity contribution in [3.05, 3.63) is 29.8 Å². The SMILES string of the molecule is COc1ccc(CN2C(=O)CC(=O)N(C3CCC4(CC3)CC3(C4)C(=O)N(C)C(=O)N3CC(F)(F)F)C2=O)cc1. The molecular weight excluding hydrogens is 521 g/mol. The maximum absolute atomic E-state index is 13.3. The molecule has 39 heavy (non-hydrogen) atoms. The third kappa shape index (κ3) is 4.51. The van der Waals surface area contributed by atoms with Gasteiger partial charge in [-0.05, 0) is 61.6 Å². The molecule has 4 aliphatic rings. The minimum absolute atomic E-state index is 0.00329. The molecule has 1 aromatic rings. The fourth-order valence-electron chi connectivity index (χ4n) is 6.72. The summed E-state index contributed by atoms with van der Waals surface area (Å²) in [5, 5.41) is 0. The van der Waals surface area contributed by atoms with Crippen LogP contribution >= 0.6 is 0 Å². The number of methoxy groups -OCH3 is 1. The van der Waals surface area contributed by atoms with E-state index in [0.29, 0.717) is 41.9 Å². The number of ether oxygens (including phenoxy) is 1. The quantitative estimate of drug-likeness (QED) is 0.411. The third-order valence-corrected chi connectivity index (χ3v) is 8.60. The average Bonchev–Trinajstić information content (AvgIpc) is 3.03. The van der Waals surface area contributed by atoms with E-state index in [1.165, 1.54) is 14.2 Å². The largest absolute Gasteiger partial charge is 0.497 e. The number of carbonyl (C=O) groups is 5. The molecule has 0 bridgehead atoms. The van der Waals surface area contributed by atoms with Crippen molar-refractivity contribution in [3.63, 3.8) is 0 Å². The number of benzene rings is 1. The normalized spacial score (nSPS) is 29.7. The first-order valence-corrected chi connectivity index (χ1v) is 12.8. The molecule has 2 aliphatic carbocycles. The predicted octanol–water partition coefficient (Wildman–Crippen LogP) is 3.29. The summed E-state index contributed by atoms with van der Waals surface area (Å²) in [4.78, 5) is 67.5. The molecule has 4 fully saturated rings. The average molecular weight is 551 g/mol. The number of hydrogen-bond acceptors (Lipinski definition) is 6. The van der Waals surface area contributed by atoms with E-state index in [1.54, 1.807) is 24.3 Å². The van der Waals surface area contributed by atoms with E-state index in [2.05, 4.69) is 0 Å². The molecule has 2 aliphatic heterocycles. The second kappa shape index (κ2) is 9.23. The highest BCUT2D eigenvalue weighted by molar-refractivity contribution is 6.14. The van der Waals surface area contributed by atoms with E-state index in [-0.39, 0.29) is 19.4 Å². The maximum Gasteiger partial charge on any atom is 0.406 e. The van der Waals surface area contributed by atoms with Gasteiger partial charge in [0.15, 0.2) is 0 Å². The number of barbiturate groups is 1. The van der Waals surface area contributed by atoms with Crippen LogP contribution in [0.1, 0.15) is 50.5 Å². The van der Waals surface area contributed by atoms with Gasteiger partial charge in [-0.15, -0.1) is 0 Å². The van der Waals surface area contributed by atoms with E-state index in [0.717, 1.165) is 14.7 Å². The Labute approximate surface area is 222 Å². The molecule has 2 spiro atoms. The van der Waals surface area contributed by atoms with Crippen LogP contribution in [-0.4, -0.2) is 87.8 Å². The Kier molecular flexibility index (Phi) is 6.38. The summed E-state index contributed by atoms with van der Waals surface area (Å²) in [6.07, 6.45) is -3.09. The van der Waals surface area contributed by atoms with Crippen LogP contribution in [0.3, 0.4) is 0 Å². The zero-order valence-corrected chi connectivity index (χ0v) is 21.6. The highest BCUT2D eigenvalue weighted by atomic mass is 19.4. The van der Waals surface area contributed by atoms with Gasteiger partial charge in [0, 0.05) is 13.1 Å². The molecular formula is C26H29F3N4O6. The number of hydrogen-bond donors (Lipinski definition) is 0. The number of urea groups is 2. The van der Waals surface area contributed by atoms with Crippen LogP contribution in [0.2, 0.25) is 0 Å². The summed E-state index contributed by atoms with van der Waals surface area (Å²) in [5.41, 5.74) is -1.27. The fraction of sp³-hybridized carbons (Fsp3) is 0.577. The molecule has 0 N–H and O–H groups in total. The maximum atomic E-state index is 13.3. The minimum atomic E-state index is -4.64. The van der Waals surface area contributed by atoms with Crippen LogP contribution in [0.25, 0.3) is 0 Å². The number of imide groups is 3. The van der Waals surface area contributed by atoms with E-state index >= 15 is 0 Å². The molecule has 13 heteroatoms. The predicted molar refractivity (Wildman–Crippen MR) is 128 cm³/mol. The van der Waals surface area contributed by atoms with Crippen LogP contribution in [0.15, 0.2) is 24.3 Å². The number of likely N-dealkylation sites (N-methyl/N-ethyl adjacent to an activating group) is 1.